The zero-order chi connectivity index (χ0) is 19.9. The van der Waals surface area contributed by atoms with Crippen molar-refractivity contribution in [2.75, 3.05) is 24.7 Å². The Morgan fingerprint density at radius 2 is 1.93 bits per heavy atom. The number of carbonyl (C=O) groups is 1. The lowest BCUT2D eigenvalue weighted by Gasteiger charge is -2.30. The summed E-state index contributed by atoms with van der Waals surface area (Å²) in [7, 11) is 0. The predicted molar refractivity (Wildman–Crippen MR) is 103 cm³/mol. The van der Waals surface area contributed by atoms with Crippen LogP contribution >= 0.6 is 11.9 Å². The van der Waals surface area contributed by atoms with Gasteiger partial charge in [0.2, 0.25) is 5.95 Å². The number of anilines is 1. The summed E-state index contributed by atoms with van der Waals surface area (Å²) in [5.41, 5.74) is 0.278. The molecule has 0 spiro atoms. The first kappa shape index (κ1) is 19.4. The average Bonchev–Trinajstić information content (AvgIpc) is 2.64. The number of piperidine rings is 1. The van der Waals surface area contributed by atoms with E-state index in [1.54, 1.807) is 11.9 Å². The Hall–Kier alpha value is -1.87. The molecule has 2 fully saturated rings. The Morgan fingerprint density at radius 3 is 2.54 bits per heavy atom. The molecule has 1 saturated carbocycles. The van der Waals surface area contributed by atoms with E-state index in [0.717, 1.165) is 38.1 Å². The van der Waals surface area contributed by atoms with Crippen molar-refractivity contribution >= 4 is 34.6 Å². The van der Waals surface area contributed by atoms with Crippen LogP contribution in [0.3, 0.4) is 0 Å². The Labute approximate surface area is 165 Å². The highest BCUT2D eigenvalue weighted by molar-refractivity contribution is 7.96. The number of rotatable bonds is 4. The Morgan fingerprint density at radius 1 is 1.21 bits per heavy atom. The number of benzene rings is 1. The van der Waals surface area contributed by atoms with Gasteiger partial charge in [0.15, 0.2) is 0 Å². The van der Waals surface area contributed by atoms with Crippen LogP contribution in [0.25, 0.3) is 10.9 Å². The highest BCUT2D eigenvalue weighted by atomic mass is 32.2. The van der Waals surface area contributed by atoms with Crippen LogP contribution in [-0.4, -0.2) is 45.4 Å². The summed E-state index contributed by atoms with van der Waals surface area (Å²) in [5, 5.41) is 3.68. The van der Waals surface area contributed by atoms with Crippen LogP contribution in [0, 0.1) is 0 Å². The first-order valence-electron chi connectivity index (χ1n) is 9.28. The third kappa shape index (κ3) is 3.96. The van der Waals surface area contributed by atoms with E-state index < -0.39 is 11.7 Å². The number of alkyl halides is 3. The van der Waals surface area contributed by atoms with Crippen molar-refractivity contribution in [3.63, 3.8) is 0 Å². The lowest BCUT2D eigenvalue weighted by molar-refractivity contribution is -0.137. The molecule has 28 heavy (non-hydrogen) atoms. The zero-order valence-corrected chi connectivity index (χ0v) is 16.2. The maximum Gasteiger partial charge on any atom is 0.416 e. The van der Waals surface area contributed by atoms with Crippen molar-refractivity contribution in [1.29, 1.82) is 0 Å². The fourth-order valence-corrected chi connectivity index (χ4v) is 4.37. The number of ketones is 1. The van der Waals surface area contributed by atoms with E-state index in [2.05, 4.69) is 25.8 Å². The molecule has 0 amide bonds. The van der Waals surface area contributed by atoms with Gasteiger partial charge in [-0.1, -0.05) is 11.9 Å². The number of carbonyl (C=O) groups excluding carboxylic acids is 1. The molecule has 0 unspecified atom stereocenters. The predicted octanol–water partition coefficient (Wildman–Crippen LogP) is 4.25. The summed E-state index contributed by atoms with van der Waals surface area (Å²) in [6, 6.07) is 2.47. The molecule has 1 aromatic heterocycles. The molecule has 1 saturated heterocycles. The molecule has 4 rings (SSSR count). The van der Waals surface area contributed by atoms with Crippen molar-refractivity contribution in [3.05, 3.63) is 29.5 Å². The van der Waals surface area contributed by atoms with E-state index in [9.17, 15) is 18.0 Å². The van der Waals surface area contributed by atoms with E-state index in [1.165, 1.54) is 6.20 Å². The second kappa shape index (κ2) is 7.51. The van der Waals surface area contributed by atoms with Gasteiger partial charge in [-0.05, 0) is 42.7 Å². The van der Waals surface area contributed by atoms with Gasteiger partial charge < -0.3 is 5.32 Å². The van der Waals surface area contributed by atoms with E-state index in [4.69, 9.17) is 0 Å². The third-order valence-electron chi connectivity index (χ3n) is 5.47. The summed E-state index contributed by atoms with van der Waals surface area (Å²) in [6.45, 7) is 1.94. The van der Waals surface area contributed by atoms with Gasteiger partial charge in [-0.25, -0.2) is 9.97 Å². The van der Waals surface area contributed by atoms with Crippen molar-refractivity contribution in [2.45, 2.75) is 43.8 Å². The molecule has 2 heterocycles. The summed E-state index contributed by atoms with van der Waals surface area (Å²) < 4.78 is 42.1. The molecule has 1 aliphatic carbocycles. The average molecular weight is 410 g/mol. The topological polar surface area (TPSA) is 58.1 Å². The van der Waals surface area contributed by atoms with Crippen LogP contribution in [0.4, 0.5) is 19.1 Å². The van der Waals surface area contributed by atoms with Crippen molar-refractivity contribution in [1.82, 2.24) is 14.3 Å². The largest absolute Gasteiger partial charge is 0.416 e. The van der Waals surface area contributed by atoms with Gasteiger partial charge in [-0.2, -0.15) is 13.2 Å². The first-order valence-corrected chi connectivity index (χ1v) is 10.5. The number of hydrogen-bond acceptors (Lipinski definition) is 6. The van der Waals surface area contributed by atoms with Crippen molar-refractivity contribution in [3.8, 4) is 0 Å². The van der Waals surface area contributed by atoms with Crippen LogP contribution in [0.1, 0.15) is 42.7 Å². The van der Waals surface area contributed by atoms with E-state index in [-0.39, 0.29) is 30.6 Å². The van der Waals surface area contributed by atoms with E-state index in [0.29, 0.717) is 22.4 Å². The van der Waals surface area contributed by atoms with Crippen LogP contribution < -0.4 is 5.32 Å². The lowest BCUT2D eigenvalue weighted by atomic mass is 9.77. The van der Waals surface area contributed by atoms with Gasteiger partial charge in [0.25, 0.3) is 0 Å². The molecular formula is C19H21F3N4OS. The Bertz CT molecular complexity index is 889. The fourth-order valence-electron chi connectivity index (χ4n) is 3.79. The minimum absolute atomic E-state index is 0.0727. The monoisotopic (exact) mass is 410 g/mol. The molecule has 0 radical (unpaired) electrons. The minimum atomic E-state index is -4.45. The van der Waals surface area contributed by atoms with Gasteiger partial charge in [0, 0.05) is 43.6 Å². The van der Waals surface area contributed by atoms with Gasteiger partial charge in [-0.15, -0.1) is 0 Å². The Balaban J connectivity index is 1.64. The molecule has 9 heteroatoms. The van der Waals surface area contributed by atoms with Crippen LogP contribution in [0.5, 0.6) is 0 Å². The van der Waals surface area contributed by atoms with Crippen LogP contribution in [-0.2, 0) is 11.0 Å². The number of halogens is 3. The lowest BCUT2D eigenvalue weighted by Crippen LogP contribution is -2.35. The molecule has 150 valence electrons. The maximum atomic E-state index is 13.3. The van der Waals surface area contributed by atoms with Gasteiger partial charge in [0.1, 0.15) is 5.78 Å². The number of nitrogens with zero attached hydrogens (tertiary/aromatic N) is 3. The third-order valence-corrected chi connectivity index (χ3v) is 6.35. The second-order valence-electron chi connectivity index (χ2n) is 7.37. The molecular weight excluding hydrogens is 389 g/mol. The minimum Gasteiger partial charge on any atom is -0.351 e. The van der Waals surface area contributed by atoms with Crippen molar-refractivity contribution in [2.24, 2.45) is 0 Å². The standard InChI is InChI=1S/C19H21F3N4OS/c1-28-26-4-2-14(3-5-26)24-18-23-10-12-6-13(19(20,21)22)9-16(17(12)25-18)11-7-15(27)8-11/h6,9-11,14H,2-5,7-8H2,1H3,(H,23,24,25). The number of hydrogen-bond donors (Lipinski definition) is 1. The highest BCUT2D eigenvalue weighted by Gasteiger charge is 2.35. The smallest absolute Gasteiger partial charge is 0.351 e. The zero-order valence-electron chi connectivity index (χ0n) is 15.4. The summed E-state index contributed by atoms with van der Waals surface area (Å²) in [5.74, 6) is 0.301. The molecule has 2 aromatic rings. The van der Waals surface area contributed by atoms with Crippen molar-refractivity contribution < 1.29 is 18.0 Å². The van der Waals surface area contributed by atoms with Gasteiger partial charge in [0.05, 0.1) is 11.1 Å². The number of nitrogens with one attached hydrogen (secondary N) is 1. The molecule has 0 bridgehead atoms. The van der Waals surface area contributed by atoms with Gasteiger partial charge >= 0.3 is 6.18 Å². The van der Waals surface area contributed by atoms with E-state index in [1.807, 2.05) is 0 Å². The highest BCUT2D eigenvalue weighted by Crippen LogP contribution is 2.41. The second-order valence-corrected chi connectivity index (χ2v) is 8.25. The van der Waals surface area contributed by atoms with Gasteiger partial charge in [-0.3, -0.25) is 9.10 Å². The SMILES string of the molecule is CSN1CCC(Nc2ncc3cc(C(F)(F)F)cc(C4CC(=O)C4)c3n2)CC1. The summed E-state index contributed by atoms with van der Waals surface area (Å²) >= 11 is 1.73. The summed E-state index contributed by atoms with van der Waals surface area (Å²) in [6.07, 6.45) is 1.52. The Kier molecular flexibility index (Phi) is 5.22. The molecule has 1 N–H and O–H groups in total. The number of Topliss-reactive ketones (excluding diaryl/α,β-unsaturated/α-hetero) is 1. The first-order chi connectivity index (χ1) is 13.3. The molecule has 1 aromatic carbocycles. The molecule has 5 nitrogen and oxygen atoms in total. The van der Waals surface area contributed by atoms with E-state index >= 15 is 0 Å². The molecule has 2 aliphatic rings. The number of fused-ring (bicyclic) bond motifs is 1. The molecule has 1 aliphatic heterocycles. The maximum absolute atomic E-state index is 13.3. The normalized spacial score (nSPS) is 19.8. The quantitative estimate of drug-likeness (QED) is 0.761. The molecule has 0 atom stereocenters. The fraction of sp³-hybridized carbons (Fsp3) is 0.526. The van der Waals surface area contributed by atoms with Crippen LogP contribution in [0.15, 0.2) is 18.3 Å². The summed E-state index contributed by atoms with van der Waals surface area (Å²) in [4.78, 5) is 20.2. The number of aromatic nitrogens is 2. The van der Waals surface area contributed by atoms with Crippen LogP contribution in [0.2, 0.25) is 0 Å².